The van der Waals surface area contributed by atoms with Crippen LogP contribution < -0.4 is 0 Å². The molecule has 1 aromatic carbocycles. The summed E-state index contributed by atoms with van der Waals surface area (Å²) in [5, 5.41) is 0.221. The fourth-order valence-electron chi connectivity index (χ4n) is 2.13. The van der Waals surface area contributed by atoms with Crippen molar-refractivity contribution in [2.45, 2.75) is 32.4 Å². The first-order chi connectivity index (χ1) is 13.1. The highest BCUT2D eigenvalue weighted by molar-refractivity contribution is 7.99. The first-order valence-corrected chi connectivity index (χ1v) is 11.7. The molecule has 1 rings (SSSR count). The minimum atomic E-state index is -4.41. The van der Waals surface area contributed by atoms with Gasteiger partial charge in [0, 0.05) is 12.2 Å². The number of carbonyl (C=O) groups is 1. The molecule has 0 saturated carbocycles. The van der Waals surface area contributed by atoms with Crippen LogP contribution in [-0.4, -0.2) is 69.6 Å². The van der Waals surface area contributed by atoms with E-state index in [2.05, 4.69) is 37.2 Å². The Bertz CT molecular complexity index is 648. The second-order valence-electron chi connectivity index (χ2n) is 6.36. The van der Waals surface area contributed by atoms with Gasteiger partial charge in [0.25, 0.3) is 0 Å². The molecule has 7 nitrogen and oxygen atoms in total. The summed E-state index contributed by atoms with van der Waals surface area (Å²) in [6.07, 6.45) is 0.437. The molecular formula is C19H33NO6S2. The van der Waals surface area contributed by atoms with E-state index in [0.717, 1.165) is 37.0 Å². The van der Waals surface area contributed by atoms with Gasteiger partial charge < -0.3 is 13.8 Å². The van der Waals surface area contributed by atoms with E-state index in [0.29, 0.717) is 13.0 Å². The van der Waals surface area contributed by atoms with Crippen molar-refractivity contribution >= 4 is 28.1 Å². The predicted octanol–water partition coefficient (Wildman–Crippen LogP) is 2.99. The SMILES string of the molecule is CCC(=O)OCC(SCC[N+](C)(CC)CC)c1ccccc1.COS(=O)(=O)[O-]. The maximum atomic E-state index is 11.4. The number of quaternary nitrogens is 1. The summed E-state index contributed by atoms with van der Waals surface area (Å²) in [5.74, 6) is 0.950. The maximum absolute atomic E-state index is 11.4. The number of carbonyl (C=O) groups excluding carboxylic acids is 1. The Labute approximate surface area is 174 Å². The molecule has 162 valence electrons. The number of ether oxygens (including phenoxy) is 1. The van der Waals surface area contributed by atoms with Crippen molar-refractivity contribution in [1.82, 2.24) is 0 Å². The summed E-state index contributed by atoms with van der Waals surface area (Å²) in [7, 11) is -1.30. The van der Waals surface area contributed by atoms with E-state index < -0.39 is 10.4 Å². The normalized spacial score (nSPS) is 12.6. The van der Waals surface area contributed by atoms with Crippen LogP contribution in [0, 0.1) is 0 Å². The van der Waals surface area contributed by atoms with Crippen LogP contribution in [-0.2, 0) is 24.1 Å². The molecule has 1 atom stereocenters. The lowest BCUT2D eigenvalue weighted by atomic mass is 10.1. The van der Waals surface area contributed by atoms with Gasteiger partial charge in [-0.05, 0) is 19.4 Å². The molecule has 0 aromatic heterocycles. The minimum Gasteiger partial charge on any atom is -0.726 e. The smallest absolute Gasteiger partial charge is 0.305 e. The van der Waals surface area contributed by atoms with Crippen molar-refractivity contribution in [2.24, 2.45) is 0 Å². The van der Waals surface area contributed by atoms with Gasteiger partial charge in [0.15, 0.2) is 0 Å². The molecule has 1 unspecified atom stereocenters. The molecule has 0 fully saturated rings. The molecule has 28 heavy (non-hydrogen) atoms. The molecule has 9 heteroatoms. The van der Waals surface area contributed by atoms with Crippen molar-refractivity contribution in [3.8, 4) is 0 Å². The molecule has 0 aliphatic heterocycles. The zero-order valence-corrected chi connectivity index (χ0v) is 19.1. The van der Waals surface area contributed by atoms with E-state index in [4.69, 9.17) is 4.74 Å². The Kier molecular flexibility index (Phi) is 13.4. The minimum absolute atomic E-state index is 0.121. The third kappa shape index (κ3) is 12.4. The summed E-state index contributed by atoms with van der Waals surface area (Å²) in [6, 6.07) is 10.3. The first kappa shape index (κ1) is 26.9. The van der Waals surface area contributed by atoms with E-state index in [1.54, 1.807) is 0 Å². The van der Waals surface area contributed by atoms with Crippen LogP contribution in [0.2, 0.25) is 0 Å². The Balaban J connectivity index is 0.00000105. The first-order valence-electron chi connectivity index (χ1n) is 9.27. The standard InChI is InChI=1S/C18H30NO2S.CH4O4S/c1-5-18(20)21-15-17(16-11-9-8-10-12-16)22-14-13-19(4,6-2)7-3;1-5-6(2,3)4/h8-12,17H,5-7,13-15H2,1-4H3;1H3,(H,2,3,4)/q+1;/p-1. The van der Waals surface area contributed by atoms with E-state index in [9.17, 15) is 17.8 Å². The van der Waals surface area contributed by atoms with Crippen LogP contribution in [0.3, 0.4) is 0 Å². The molecular weight excluding hydrogens is 402 g/mol. The van der Waals surface area contributed by atoms with Crippen molar-refractivity contribution in [3.63, 3.8) is 0 Å². The van der Waals surface area contributed by atoms with Crippen LogP contribution in [0.5, 0.6) is 0 Å². The lowest BCUT2D eigenvalue weighted by Gasteiger charge is -2.32. The summed E-state index contributed by atoms with van der Waals surface area (Å²) in [6.45, 7) is 10.2. The third-order valence-corrected chi connectivity index (χ3v) is 6.17. The third-order valence-electron chi connectivity index (χ3n) is 4.54. The van der Waals surface area contributed by atoms with Crippen molar-refractivity contribution in [2.75, 3.05) is 46.2 Å². The van der Waals surface area contributed by atoms with Gasteiger partial charge in [0.1, 0.15) is 6.61 Å². The van der Waals surface area contributed by atoms with Crippen molar-refractivity contribution in [1.29, 1.82) is 0 Å². The van der Waals surface area contributed by atoms with Gasteiger partial charge in [0.05, 0.1) is 39.0 Å². The van der Waals surface area contributed by atoms with Crippen LogP contribution in [0.4, 0.5) is 0 Å². The van der Waals surface area contributed by atoms with E-state index in [1.807, 2.05) is 36.9 Å². The Morgan fingerprint density at radius 1 is 1.18 bits per heavy atom. The average molecular weight is 436 g/mol. The number of thioether (sulfide) groups is 1. The Morgan fingerprint density at radius 2 is 1.71 bits per heavy atom. The highest BCUT2D eigenvalue weighted by atomic mass is 32.3. The van der Waals surface area contributed by atoms with E-state index in [1.165, 1.54) is 5.56 Å². The summed E-state index contributed by atoms with van der Waals surface area (Å²) < 4.78 is 37.5. The van der Waals surface area contributed by atoms with E-state index in [-0.39, 0.29) is 11.2 Å². The highest BCUT2D eigenvalue weighted by Gasteiger charge is 2.19. The quantitative estimate of drug-likeness (QED) is 0.228. The van der Waals surface area contributed by atoms with Gasteiger partial charge in [-0.2, -0.15) is 0 Å². The van der Waals surface area contributed by atoms with Gasteiger partial charge in [-0.3, -0.25) is 8.98 Å². The maximum Gasteiger partial charge on any atom is 0.305 e. The lowest BCUT2D eigenvalue weighted by Crippen LogP contribution is -2.45. The fraction of sp³-hybridized carbons (Fsp3) is 0.632. The number of hydrogen-bond donors (Lipinski definition) is 0. The van der Waals surface area contributed by atoms with Gasteiger partial charge in [-0.1, -0.05) is 37.3 Å². The molecule has 0 heterocycles. The predicted molar refractivity (Wildman–Crippen MR) is 112 cm³/mol. The summed E-state index contributed by atoms with van der Waals surface area (Å²) in [4.78, 5) is 11.4. The average Bonchev–Trinajstić information content (AvgIpc) is 2.70. The number of benzene rings is 1. The molecule has 0 bridgehead atoms. The largest absolute Gasteiger partial charge is 0.726 e. The van der Waals surface area contributed by atoms with Crippen molar-refractivity contribution in [3.05, 3.63) is 35.9 Å². The molecule has 0 amide bonds. The zero-order valence-electron chi connectivity index (χ0n) is 17.4. The molecule has 0 radical (unpaired) electrons. The molecule has 0 aliphatic rings. The molecule has 0 aliphatic carbocycles. The van der Waals surface area contributed by atoms with Crippen LogP contribution in [0.1, 0.15) is 38.0 Å². The van der Waals surface area contributed by atoms with E-state index >= 15 is 0 Å². The Morgan fingerprint density at radius 3 is 2.14 bits per heavy atom. The zero-order chi connectivity index (χ0) is 21.6. The highest BCUT2D eigenvalue weighted by Crippen LogP contribution is 2.29. The van der Waals surface area contributed by atoms with Gasteiger partial charge >= 0.3 is 5.97 Å². The van der Waals surface area contributed by atoms with Crippen molar-refractivity contribution < 1.29 is 31.2 Å². The van der Waals surface area contributed by atoms with Gasteiger partial charge in [-0.15, -0.1) is 11.8 Å². The summed E-state index contributed by atoms with van der Waals surface area (Å²) in [5.41, 5.74) is 1.23. The lowest BCUT2D eigenvalue weighted by molar-refractivity contribution is -0.903. The monoisotopic (exact) mass is 435 g/mol. The second kappa shape index (κ2) is 13.9. The molecule has 0 spiro atoms. The topological polar surface area (TPSA) is 92.7 Å². The molecule has 1 aromatic rings. The van der Waals surface area contributed by atoms with Crippen LogP contribution in [0.25, 0.3) is 0 Å². The van der Waals surface area contributed by atoms with Crippen LogP contribution in [0.15, 0.2) is 30.3 Å². The Hall–Kier alpha value is -1.13. The number of hydrogen-bond acceptors (Lipinski definition) is 7. The molecule has 0 saturated heterocycles. The number of esters is 1. The second-order valence-corrected chi connectivity index (χ2v) is 8.82. The summed E-state index contributed by atoms with van der Waals surface area (Å²) >= 11 is 1.89. The van der Waals surface area contributed by atoms with Gasteiger partial charge in [0.2, 0.25) is 10.4 Å². The molecule has 0 N–H and O–H groups in total. The number of nitrogens with zero attached hydrogens (tertiary/aromatic N) is 1. The van der Waals surface area contributed by atoms with Crippen LogP contribution >= 0.6 is 11.8 Å². The van der Waals surface area contributed by atoms with Gasteiger partial charge in [-0.25, -0.2) is 8.42 Å². The number of rotatable bonds is 11. The fourth-order valence-corrected chi connectivity index (χ4v) is 3.48.